The first kappa shape index (κ1) is 19.0. The van der Waals surface area contributed by atoms with Gasteiger partial charge in [0.2, 0.25) is 10.0 Å². The highest BCUT2D eigenvalue weighted by molar-refractivity contribution is 7.89. The summed E-state index contributed by atoms with van der Waals surface area (Å²) in [4.78, 5) is 26.6. The van der Waals surface area contributed by atoms with Crippen molar-refractivity contribution in [2.75, 3.05) is 13.1 Å². The molecule has 0 spiro atoms. The third-order valence-electron chi connectivity index (χ3n) is 4.89. The number of oxazole rings is 1. The van der Waals surface area contributed by atoms with E-state index in [9.17, 15) is 18.0 Å². The van der Waals surface area contributed by atoms with Crippen LogP contribution in [-0.2, 0) is 16.6 Å². The number of nitrogens with one attached hydrogen (secondary N) is 1. The van der Waals surface area contributed by atoms with Crippen LogP contribution in [0.1, 0.15) is 24.0 Å². The molecule has 2 aromatic heterocycles. The van der Waals surface area contributed by atoms with E-state index in [1.165, 1.54) is 27.1 Å². The molecular weight excluding hydrogens is 406 g/mol. The lowest BCUT2D eigenvalue weighted by molar-refractivity contribution is 0.477. The Bertz CT molecular complexity index is 1280. The number of benzene rings is 1. The number of hydrogen-bond acceptors (Lipinski definition) is 5. The number of aromatic nitrogens is 2. The predicted octanol–water partition coefficient (Wildman–Crippen LogP) is 2.08. The van der Waals surface area contributed by atoms with Crippen LogP contribution in [0.3, 0.4) is 0 Å². The van der Waals surface area contributed by atoms with Crippen molar-refractivity contribution in [1.29, 1.82) is 0 Å². The molecule has 0 bridgehead atoms. The Morgan fingerprint density at radius 2 is 1.93 bits per heavy atom. The minimum Gasteiger partial charge on any atom is -0.407 e. The van der Waals surface area contributed by atoms with E-state index >= 15 is 0 Å². The number of aryl methyl sites for hydroxylation is 1. The van der Waals surface area contributed by atoms with Gasteiger partial charge in [0.15, 0.2) is 11.1 Å². The molecule has 0 radical (unpaired) electrons. The second kappa shape index (κ2) is 6.91. The third kappa shape index (κ3) is 3.19. The van der Waals surface area contributed by atoms with Gasteiger partial charge in [0.05, 0.1) is 11.4 Å². The molecule has 1 aliphatic rings. The molecule has 1 aliphatic heterocycles. The van der Waals surface area contributed by atoms with Gasteiger partial charge < -0.3 is 8.98 Å². The SMILES string of the molecule is Cc1cn(Cc2cc(S(=O)(=O)N3CCCC3)ccc2Cl)c(=O)c2[nH]c(=O)oc12. The Morgan fingerprint density at radius 3 is 2.64 bits per heavy atom. The molecule has 0 unspecified atom stereocenters. The molecule has 0 aliphatic carbocycles. The van der Waals surface area contributed by atoms with E-state index < -0.39 is 21.3 Å². The van der Waals surface area contributed by atoms with Gasteiger partial charge in [-0.15, -0.1) is 0 Å². The fourth-order valence-corrected chi connectivity index (χ4v) is 5.21. The topological polar surface area (TPSA) is 105 Å². The lowest BCUT2D eigenvalue weighted by atomic mass is 10.2. The van der Waals surface area contributed by atoms with Gasteiger partial charge in [-0.1, -0.05) is 11.6 Å². The molecule has 10 heteroatoms. The van der Waals surface area contributed by atoms with Gasteiger partial charge in [-0.05, 0) is 43.5 Å². The number of hydrogen-bond donors (Lipinski definition) is 1. The van der Waals surface area contributed by atoms with Crippen molar-refractivity contribution in [1.82, 2.24) is 13.9 Å². The minimum absolute atomic E-state index is 0.0605. The van der Waals surface area contributed by atoms with Gasteiger partial charge in [-0.2, -0.15) is 4.31 Å². The number of rotatable bonds is 4. The van der Waals surface area contributed by atoms with Crippen LogP contribution in [0.5, 0.6) is 0 Å². The summed E-state index contributed by atoms with van der Waals surface area (Å²) in [6.45, 7) is 2.78. The molecular formula is C18H18ClN3O5S. The van der Waals surface area contributed by atoms with Crippen LogP contribution in [0.2, 0.25) is 5.02 Å². The van der Waals surface area contributed by atoms with E-state index in [2.05, 4.69) is 4.98 Å². The number of H-pyrrole nitrogens is 1. The van der Waals surface area contributed by atoms with Crippen LogP contribution in [0, 0.1) is 6.92 Å². The van der Waals surface area contributed by atoms with Crippen molar-refractivity contribution in [3.8, 4) is 0 Å². The van der Waals surface area contributed by atoms with Crippen molar-refractivity contribution in [3.05, 3.63) is 61.4 Å². The Labute approximate surface area is 165 Å². The average Bonchev–Trinajstić information content (AvgIpc) is 3.31. The standard InChI is InChI=1S/C18H18ClN3O5S/c1-11-9-21(17(23)15-16(11)27-18(24)20-15)10-12-8-13(4-5-14(12)19)28(25,26)22-6-2-3-7-22/h4-5,8-9H,2-3,6-7,10H2,1H3,(H,20,24). The normalized spacial score (nSPS) is 15.5. The smallest absolute Gasteiger partial charge is 0.407 e. The zero-order valence-corrected chi connectivity index (χ0v) is 16.6. The predicted molar refractivity (Wildman–Crippen MR) is 104 cm³/mol. The monoisotopic (exact) mass is 423 g/mol. The number of halogens is 1. The minimum atomic E-state index is -3.60. The zero-order chi connectivity index (χ0) is 20.1. The highest BCUT2D eigenvalue weighted by Crippen LogP contribution is 2.26. The van der Waals surface area contributed by atoms with Crippen LogP contribution < -0.4 is 11.3 Å². The highest BCUT2D eigenvalue weighted by atomic mass is 35.5. The van der Waals surface area contributed by atoms with Crippen LogP contribution in [0.4, 0.5) is 0 Å². The second-order valence-corrected chi connectivity index (χ2v) is 9.17. The molecule has 28 heavy (non-hydrogen) atoms. The summed E-state index contributed by atoms with van der Waals surface area (Å²) < 4.78 is 33.4. The summed E-state index contributed by atoms with van der Waals surface area (Å²) in [5.41, 5.74) is 0.929. The fraction of sp³-hybridized carbons (Fsp3) is 0.333. The summed E-state index contributed by atoms with van der Waals surface area (Å²) in [6.07, 6.45) is 3.24. The van der Waals surface area contributed by atoms with Crippen molar-refractivity contribution in [3.63, 3.8) is 0 Å². The van der Waals surface area contributed by atoms with E-state index in [1.54, 1.807) is 13.1 Å². The molecule has 1 aromatic carbocycles. The van der Waals surface area contributed by atoms with Crippen LogP contribution in [0.25, 0.3) is 11.1 Å². The quantitative estimate of drug-likeness (QED) is 0.691. The van der Waals surface area contributed by atoms with Gasteiger partial charge in [0.1, 0.15) is 0 Å². The Hall–Kier alpha value is -2.36. The maximum absolute atomic E-state index is 12.8. The number of aromatic amines is 1. The molecule has 1 saturated heterocycles. The second-order valence-electron chi connectivity index (χ2n) is 6.83. The number of sulfonamides is 1. The van der Waals surface area contributed by atoms with Crippen molar-refractivity contribution in [2.24, 2.45) is 0 Å². The molecule has 1 N–H and O–H groups in total. The van der Waals surface area contributed by atoms with E-state index in [4.69, 9.17) is 16.0 Å². The zero-order valence-electron chi connectivity index (χ0n) is 15.1. The molecule has 1 fully saturated rings. The van der Waals surface area contributed by atoms with Gasteiger partial charge in [0.25, 0.3) is 5.56 Å². The van der Waals surface area contributed by atoms with E-state index in [0.717, 1.165) is 12.8 Å². The fourth-order valence-electron chi connectivity index (χ4n) is 3.46. The molecule has 4 rings (SSSR count). The lowest BCUT2D eigenvalue weighted by Gasteiger charge is -2.17. The summed E-state index contributed by atoms with van der Waals surface area (Å²) in [7, 11) is -3.60. The summed E-state index contributed by atoms with van der Waals surface area (Å²) >= 11 is 6.27. The molecule has 3 heterocycles. The van der Waals surface area contributed by atoms with Gasteiger partial charge >= 0.3 is 5.76 Å². The van der Waals surface area contributed by atoms with Crippen LogP contribution >= 0.6 is 11.6 Å². The highest BCUT2D eigenvalue weighted by Gasteiger charge is 2.27. The molecule has 3 aromatic rings. The number of fused-ring (bicyclic) bond motifs is 1. The maximum atomic E-state index is 12.8. The summed E-state index contributed by atoms with van der Waals surface area (Å²) in [5, 5.41) is 0.353. The van der Waals surface area contributed by atoms with Crippen molar-refractivity contribution < 1.29 is 12.8 Å². The number of pyridine rings is 1. The van der Waals surface area contributed by atoms with E-state index in [-0.39, 0.29) is 22.5 Å². The lowest BCUT2D eigenvalue weighted by Crippen LogP contribution is -2.28. The molecule has 0 atom stereocenters. The van der Waals surface area contributed by atoms with E-state index in [1.807, 2.05) is 0 Å². The average molecular weight is 424 g/mol. The van der Waals surface area contributed by atoms with Crippen molar-refractivity contribution >= 4 is 32.7 Å². The molecule has 0 saturated carbocycles. The van der Waals surface area contributed by atoms with E-state index in [0.29, 0.717) is 29.2 Å². The van der Waals surface area contributed by atoms with Crippen LogP contribution in [-0.4, -0.2) is 35.4 Å². The Morgan fingerprint density at radius 1 is 1.21 bits per heavy atom. The summed E-state index contributed by atoms with van der Waals surface area (Å²) in [5.74, 6) is -0.704. The van der Waals surface area contributed by atoms with Crippen molar-refractivity contribution in [2.45, 2.75) is 31.2 Å². The maximum Gasteiger partial charge on any atom is 0.417 e. The van der Waals surface area contributed by atoms with Gasteiger partial charge in [0, 0.05) is 29.9 Å². The first-order chi connectivity index (χ1) is 13.3. The van der Waals surface area contributed by atoms with Gasteiger partial charge in [-0.3, -0.25) is 9.78 Å². The summed E-state index contributed by atoms with van der Waals surface area (Å²) in [6, 6.07) is 4.50. The molecule has 8 nitrogen and oxygen atoms in total. The Balaban J connectivity index is 1.77. The molecule has 148 valence electrons. The molecule has 0 amide bonds. The largest absolute Gasteiger partial charge is 0.417 e. The number of nitrogens with zero attached hydrogens (tertiary/aromatic N) is 2. The first-order valence-corrected chi connectivity index (χ1v) is 10.6. The van der Waals surface area contributed by atoms with Gasteiger partial charge in [-0.25, -0.2) is 13.2 Å². The van der Waals surface area contributed by atoms with Crippen LogP contribution in [0.15, 0.2) is 43.3 Å². The third-order valence-corrected chi connectivity index (χ3v) is 7.16. The Kier molecular flexibility index (Phi) is 4.68. The first-order valence-electron chi connectivity index (χ1n) is 8.79.